The van der Waals surface area contributed by atoms with Gasteiger partial charge < -0.3 is 25.6 Å². The molecule has 3 N–H and O–H groups in total. The van der Waals surface area contributed by atoms with Gasteiger partial charge in [-0.05, 0) is 108 Å². The number of amides is 3. The molecule has 4 fully saturated rings. The lowest BCUT2D eigenvalue weighted by Gasteiger charge is -2.36. The molecule has 0 spiro atoms. The Hall–Kier alpha value is -3.54. The molecule has 0 radical (unpaired) electrons. The molecule has 10 nitrogen and oxygen atoms in total. The highest BCUT2D eigenvalue weighted by Gasteiger charge is 2.34. The number of likely N-dealkylation sites (tertiary alicyclic amines) is 4. The van der Waals surface area contributed by atoms with Crippen molar-refractivity contribution in [2.75, 3.05) is 65.4 Å². The van der Waals surface area contributed by atoms with Crippen LogP contribution in [0.3, 0.4) is 0 Å². The van der Waals surface area contributed by atoms with E-state index in [1.807, 2.05) is 9.80 Å². The number of piperidine rings is 2. The normalized spacial score (nSPS) is 22.3. The zero-order valence-electron chi connectivity index (χ0n) is 30.3. The molecule has 0 saturated carbocycles. The maximum absolute atomic E-state index is 12.4. The molecule has 4 aliphatic rings. The third-order valence-corrected chi connectivity index (χ3v) is 10.6. The van der Waals surface area contributed by atoms with E-state index in [-0.39, 0.29) is 29.6 Å². The fraction of sp³-hybridized carbons (Fsp3) is 0.615. The number of benzene rings is 2. The highest BCUT2D eigenvalue weighted by atomic mass is 19.0. The molecule has 0 aromatic heterocycles. The van der Waals surface area contributed by atoms with Crippen molar-refractivity contribution in [2.24, 2.45) is 5.73 Å². The minimum Gasteiger partial charge on any atom is -0.444 e. The summed E-state index contributed by atoms with van der Waals surface area (Å²) in [6.45, 7) is 13.3. The van der Waals surface area contributed by atoms with E-state index in [0.717, 1.165) is 65.2 Å². The summed E-state index contributed by atoms with van der Waals surface area (Å²) >= 11 is 0. The number of carbonyl (C=O) groups is 3. The summed E-state index contributed by atoms with van der Waals surface area (Å²) in [5.74, 6) is 1.41. The Morgan fingerprint density at radius 1 is 0.680 bits per heavy atom. The van der Waals surface area contributed by atoms with Gasteiger partial charge in [0.2, 0.25) is 11.8 Å². The van der Waals surface area contributed by atoms with E-state index in [4.69, 9.17) is 10.5 Å². The van der Waals surface area contributed by atoms with Crippen LogP contribution in [-0.2, 0) is 14.3 Å². The maximum Gasteiger partial charge on any atom is 0.408 e. The fourth-order valence-electron chi connectivity index (χ4n) is 7.88. The molecular weight excluding hydrogens is 635 g/mol. The molecule has 276 valence electrons. The quantitative estimate of drug-likeness (QED) is 0.437. The Morgan fingerprint density at radius 2 is 1.10 bits per heavy atom. The highest BCUT2D eigenvalue weighted by molar-refractivity contribution is 5.82. The van der Waals surface area contributed by atoms with Gasteiger partial charge in [0.1, 0.15) is 12.1 Å². The second-order valence-corrected chi connectivity index (χ2v) is 15.1. The van der Waals surface area contributed by atoms with Gasteiger partial charge in [-0.25, -0.2) is 4.79 Å². The SMILES string of the molecule is CC(C)(C)OC(=O)NCC(=O)N1CCC(N2CCC(c3ccccc3)CC2)C1.F.NCC(=O)N1CCC(N2CCC(c3ccccc3)CC2)C1. The molecule has 6 rings (SSSR count). The van der Waals surface area contributed by atoms with Crippen LogP contribution in [0.25, 0.3) is 0 Å². The van der Waals surface area contributed by atoms with Crippen LogP contribution in [0, 0.1) is 0 Å². The summed E-state index contributed by atoms with van der Waals surface area (Å²) in [6.07, 6.45) is 6.37. The van der Waals surface area contributed by atoms with Crippen molar-refractivity contribution < 1.29 is 23.8 Å². The number of hydrogen-bond acceptors (Lipinski definition) is 7. The standard InChI is InChI=1S/C22H33N3O3.C17H25N3O.FH/c1-22(2,3)28-21(27)23-15-20(26)25-14-11-19(16-25)24-12-9-18(10-13-24)17-7-5-4-6-8-17;18-12-17(21)20-11-8-16(13-20)19-9-6-15(7-10-19)14-4-2-1-3-5-14;/h4-8,18-19H,9-16H2,1-3H3,(H,23,27);1-5,15-16H,6-13,18H2;1H. The Balaban J connectivity index is 0.000000229. The molecule has 4 saturated heterocycles. The molecule has 2 aromatic carbocycles. The highest BCUT2D eigenvalue weighted by Crippen LogP contribution is 2.31. The van der Waals surface area contributed by atoms with Crippen LogP contribution in [-0.4, -0.2) is 121 Å². The average Bonchev–Trinajstić information content (AvgIpc) is 3.82. The van der Waals surface area contributed by atoms with Gasteiger partial charge in [0.05, 0.1) is 6.54 Å². The monoisotopic (exact) mass is 694 g/mol. The zero-order valence-corrected chi connectivity index (χ0v) is 30.3. The summed E-state index contributed by atoms with van der Waals surface area (Å²) in [5.41, 5.74) is 7.81. The van der Waals surface area contributed by atoms with Crippen LogP contribution in [0.5, 0.6) is 0 Å². The molecular formula is C39H59FN6O4. The lowest BCUT2D eigenvalue weighted by molar-refractivity contribution is -0.129. The van der Waals surface area contributed by atoms with Crippen LogP contribution >= 0.6 is 0 Å². The van der Waals surface area contributed by atoms with E-state index in [1.54, 1.807) is 20.8 Å². The Kier molecular flexibility index (Phi) is 14.6. The first-order valence-corrected chi connectivity index (χ1v) is 18.4. The molecule has 2 atom stereocenters. The van der Waals surface area contributed by atoms with Crippen molar-refractivity contribution in [1.29, 1.82) is 0 Å². The molecule has 50 heavy (non-hydrogen) atoms. The largest absolute Gasteiger partial charge is 0.444 e. The van der Waals surface area contributed by atoms with Crippen LogP contribution in [0.4, 0.5) is 9.50 Å². The molecule has 0 aliphatic carbocycles. The summed E-state index contributed by atoms with van der Waals surface area (Å²) in [5, 5.41) is 2.57. The summed E-state index contributed by atoms with van der Waals surface area (Å²) in [6, 6.07) is 22.6. The van der Waals surface area contributed by atoms with E-state index in [9.17, 15) is 14.4 Å². The number of nitrogens with zero attached hydrogens (tertiary/aromatic N) is 4. The van der Waals surface area contributed by atoms with Crippen molar-refractivity contribution in [2.45, 2.75) is 88.8 Å². The number of halogens is 1. The van der Waals surface area contributed by atoms with Crippen LogP contribution < -0.4 is 11.1 Å². The molecule has 0 bridgehead atoms. The van der Waals surface area contributed by atoms with Gasteiger partial charge in [0.25, 0.3) is 0 Å². The number of ether oxygens (including phenoxy) is 1. The predicted molar refractivity (Wildman–Crippen MR) is 196 cm³/mol. The lowest BCUT2D eigenvalue weighted by atomic mass is 9.89. The molecule has 2 unspecified atom stereocenters. The van der Waals surface area contributed by atoms with E-state index >= 15 is 0 Å². The third kappa shape index (κ3) is 11.2. The zero-order chi connectivity index (χ0) is 34.8. The first kappa shape index (κ1) is 39.2. The Morgan fingerprint density at radius 3 is 1.50 bits per heavy atom. The predicted octanol–water partition coefficient (Wildman–Crippen LogP) is 4.57. The van der Waals surface area contributed by atoms with Gasteiger partial charge in [-0.2, -0.15) is 0 Å². The minimum atomic E-state index is -0.558. The van der Waals surface area contributed by atoms with E-state index < -0.39 is 11.7 Å². The van der Waals surface area contributed by atoms with E-state index in [1.165, 1.54) is 36.8 Å². The average molecular weight is 695 g/mol. The summed E-state index contributed by atoms with van der Waals surface area (Å²) < 4.78 is 5.18. The van der Waals surface area contributed by atoms with Crippen LogP contribution in [0.1, 0.15) is 82.3 Å². The van der Waals surface area contributed by atoms with Crippen molar-refractivity contribution in [1.82, 2.24) is 24.9 Å². The van der Waals surface area contributed by atoms with Crippen molar-refractivity contribution in [3.8, 4) is 0 Å². The van der Waals surface area contributed by atoms with Gasteiger partial charge in [-0.1, -0.05) is 60.7 Å². The van der Waals surface area contributed by atoms with E-state index in [0.29, 0.717) is 23.9 Å². The molecule has 3 amide bonds. The smallest absolute Gasteiger partial charge is 0.408 e. The van der Waals surface area contributed by atoms with E-state index in [2.05, 4.69) is 75.8 Å². The second kappa shape index (κ2) is 18.6. The van der Waals surface area contributed by atoms with Crippen molar-refractivity contribution >= 4 is 17.9 Å². The van der Waals surface area contributed by atoms with Crippen LogP contribution in [0.2, 0.25) is 0 Å². The van der Waals surface area contributed by atoms with Crippen molar-refractivity contribution in [3.05, 3.63) is 71.8 Å². The Bertz CT molecular complexity index is 1340. The van der Waals surface area contributed by atoms with Gasteiger partial charge in [0, 0.05) is 38.3 Å². The number of nitrogens with two attached hydrogens (primary N) is 1. The maximum atomic E-state index is 12.4. The number of alkyl carbamates (subject to hydrolysis) is 1. The molecule has 2 aromatic rings. The molecule has 11 heteroatoms. The topological polar surface area (TPSA) is 111 Å². The summed E-state index contributed by atoms with van der Waals surface area (Å²) in [7, 11) is 0. The number of rotatable bonds is 7. The van der Waals surface area contributed by atoms with Crippen molar-refractivity contribution in [3.63, 3.8) is 0 Å². The summed E-state index contributed by atoms with van der Waals surface area (Å²) in [4.78, 5) is 44.7. The number of carbonyl (C=O) groups excluding carboxylic acids is 3. The van der Waals surface area contributed by atoms with Gasteiger partial charge >= 0.3 is 6.09 Å². The van der Waals surface area contributed by atoms with Crippen LogP contribution in [0.15, 0.2) is 60.7 Å². The van der Waals surface area contributed by atoms with Gasteiger partial charge in [-0.3, -0.25) is 24.1 Å². The van der Waals surface area contributed by atoms with Gasteiger partial charge in [-0.15, -0.1) is 0 Å². The number of hydrogen-bond donors (Lipinski definition) is 2. The first-order valence-electron chi connectivity index (χ1n) is 18.4. The second-order valence-electron chi connectivity index (χ2n) is 15.1. The third-order valence-electron chi connectivity index (χ3n) is 10.6. The Labute approximate surface area is 298 Å². The minimum absolute atomic E-state index is 0. The number of nitrogens with one attached hydrogen (secondary N) is 1. The molecule has 4 aliphatic heterocycles. The first-order chi connectivity index (χ1) is 23.6. The lowest BCUT2D eigenvalue weighted by Crippen LogP contribution is -2.45. The molecule has 4 heterocycles. The fourth-order valence-corrected chi connectivity index (χ4v) is 7.88. The van der Waals surface area contributed by atoms with Gasteiger partial charge in [0.15, 0.2) is 0 Å².